The molecule has 4 rings (SSSR count). The third-order valence-electron chi connectivity index (χ3n) is 5.68. The van der Waals surface area contributed by atoms with E-state index in [0.717, 1.165) is 47.8 Å². The van der Waals surface area contributed by atoms with Crippen molar-refractivity contribution in [3.05, 3.63) is 40.5 Å². The van der Waals surface area contributed by atoms with Crippen molar-refractivity contribution in [3.8, 4) is 10.4 Å². The number of piperidine rings is 1. The van der Waals surface area contributed by atoms with Crippen LogP contribution >= 0.6 is 11.3 Å². The number of aromatic nitrogens is 1. The highest BCUT2D eigenvalue weighted by Gasteiger charge is 2.28. The van der Waals surface area contributed by atoms with E-state index in [0.29, 0.717) is 6.04 Å². The van der Waals surface area contributed by atoms with Crippen molar-refractivity contribution in [3.63, 3.8) is 0 Å². The lowest BCUT2D eigenvalue weighted by molar-refractivity contribution is 0.0644. The van der Waals surface area contributed by atoms with Crippen molar-refractivity contribution in [2.75, 3.05) is 26.2 Å². The van der Waals surface area contributed by atoms with E-state index in [9.17, 15) is 4.79 Å². The minimum atomic E-state index is 0.172. The van der Waals surface area contributed by atoms with E-state index < -0.39 is 0 Å². The first-order valence-corrected chi connectivity index (χ1v) is 10.5. The van der Waals surface area contributed by atoms with Gasteiger partial charge in [-0.15, -0.1) is 11.3 Å². The molecule has 0 atom stereocenters. The molecule has 4 nitrogen and oxygen atoms in total. The predicted octanol–water partition coefficient (Wildman–Crippen LogP) is 4.13. The molecule has 5 heteroatoms. The SMILES string of the molecule is Cc1nc(C)c(-c2cccc(C(=O)N3CCC(N4CCCC4)CC3)c2)s1. The fraction of sp³-hybridized carbons (Fsp3) is 0.524. The molecule has 3 heterocycles. The van der Waals surface area contributed by atoms with Crippen LogP contribution in [0.1, 0.15) is 46.7 Å². The zero-order valence-corrected chi connectivity index (χ0v) is 16.5. The Bertz CT molecular complexity index is 786. The number of carbonyl (C=O) groups excluding carboxylic acids is 1. The number of thiazole rings is 1. The molecule has 2 aliphatic heterocycles. The Balaban J connectivity index is 1.45. The van der Waals surface area contributed by atoms with Crippen molar-refractivity contribution in [2.24, 2.45) is 0 Å². The Kier molecular flexibility index (Phi) is 5.09. The van der Waals surface area contributed by atoms with Crippen LogP contribution in [0.3, 0.4) is 0 Å². The standard InChI is InChI=1S/C21H27N3OS/c1-15-20(26-16(2)22-15)17-6-5-7-18(14-17)21(25)24-12-8-19(9-13-24)23-10-3-4-11-23/h5-7,14,19H,3-4,8-13H2,1-2H3. The summed E-state index contributed by atoms with van der Waals surface area (Å²) in [5, 5.41) is 1.07. The normalized spacial score (nSPS) is 19.2. The summed E-state index contributed by atoms with van der Waals surface area (Å²) in [6.45, 7) is 8.31. The number of amides is 1. The van der Waals surface area contributed by atoms with Gasteiger partial charge in [-0.2, -0.15) is 0 Å². The van der Waals surface area contributed by atoms with Crippen LogP contribution in [-0.2, 0) is 0 Å². The predicted molar refractivity (Wildman–Crippen MR) is 107 cm³/mol. The van der Waals surface area contributed by atoms with E-state index >= 15 is 0 Å². The van der Waals surface area contributed by atoms with Gasteiger partial charge in [-0.25, -0.2) is 4.98 Å². The molecule has 0 aliphatic carbocycles. The number of nitrogens with zero attached hydrogens (tertiary/aromatic N) is 3. The molecule has 26 heavy (non-hydrogen) atoms. The molecule has 0 N–H and O–H groups in total. The Hall–Kier alpha value is -1.72. The van der Waals surface area contributed by atoms with Crippen LogP contribution in [0.15, 0.2) is 24.3 Å². The van der Waals surface area contributed by atoms with E-state index in [1.165, 1.54) is 30.8 Å². The van der Waals surface area contributed by atoms with Crippen LogP contribution in [0.2, 0.25) is 0 Å². The maximum atomic E-state index is 13.0. The minimum absolute atomic E-state index is 0.172. The summed E-state index contributed by atoms with van der Waals surface area (Å²) in [5.74, 6) is 0.172. The highest BCUT2D eigenvalue weighted by Crippen LogP contribution is 2.30. The third kappa shape index (κ3) is 3.55. The topological polar surface area (TPSA) is 36.4 Å². The second-order valence-electron chi connectivity index (χ2n) is 7.49. The molecule has 0 radical (unpaired) electrons. The van der Waals surface area contributed by atoms with Gasteiger partial charge in [0.05, 0.1) is 15.6 Å². The lowest BCUT2D eigenvalue weighted by atomic mass is 10.0. The number of benzene rings is 1. The lowest BCUT2D eigenvalue weighted by Gasteiger charge is -2.36. The van der Waals surface area contributed by atoms with Crippen molar-refractivity contribution in [1.29, 1.82) is 0 Å². The molecule has 0 unspecified atom stereocenters. The molecule has 0 saturated carbocycles. The molecule has 2 aliphatic rings. The first-order valence-electron chi connectivity index (χ1n) is 9.69. The van der Waals surface area contributed by atoms with Crippen LogP contribution < -0.4 is 0 Å². The van der Waals surface area contributed by atoms with Crippen molar-refractivity contribution in [1.82, 2.24) is 14.8 Å². The molecular weight excluding hydrogens is 342 g/mol. The Labute approximate surface area is 159 Å². The van der Waals surface area contributed by atoms with Crippen molar-refractivity contribution < 1.29 is 4.79 Å². The number of aryl methyl sites for hydroxylation is 2. The molecular formula is C21H27N3OS. The number of rotatable bonds is 3. The van der Waals surface area contributed by atoms with Crippen molar-refractivity contribution >= 4 is 17.2 Å². The third-order valence-corrected chi connectivity index (χ3v) is 6.81. The average molecular weight is 370 g/mol. The van der Waals surface area contributed by atoms with Gasteiger partial charge < -0.3 is 9.80 Å². The number of hydrogen-bond acceptors (Lipinski definition) is 4. The first kappa shape index (κ1) is 17.7. The highest BCUT2D eigenvalue weighted by atomic mass is 32.1. The van der Waals surface area contributed by atoms with E-state index in [1.807, 2.05) is 36.9 Å². The zero-order valence-electron chi connectivity index (χ0n) is 15.7. The van der Waals surface area contributed by atoms with Gasteiger partial charge in [-0.05, 0) is 70.3 Å². The van der Waals surface area contributed by atoms with Gasteiger partial charge in [0.1, 0.15) is 0 Å². The molecule has 138 valence electrons. The Morgan fingerprint density at radius 3 is 2.50 bits per heavy atom. The molecule has 0 spiro atoms. The molecule has 1 amide bonds. The van der Waals surface area contributed by atoms with E-state index in [4.69, 9.17) is 0 Å². The molecule has 2 saturated heterocycles. The maximum Gasteiger partial charge on any atom is 0.253 e. The molecule has 1 aromatic heterocycles. The fourth-order valence-corrected chi connectivity index (χ4v) is 5.23. The average Bonchev–Trinajstić information content (AvgIpc) is 3.31. The van der Waals surface area contributed by atoms with Crippen LogP contribution in [0, 0.1) is 13.8 Å². The van der Waals surface area contributed by atoms with Gasteiger partial charge in [0.25, 0.3) is 5.91 Å². The van der Waals surface area contributed by atoms with Gasteiger partial charge in [0.2, 0.25) is 0 Å². The summed E-state index contributed by atoms with van der Waals surface area (Å²) >= 11 is 1.70. The second kappa shape index (κ2) is 7.49. The molecule has 1 aromatic carbocycles. The van der Waals surface area contributed by atoms with Crippen molar-refractivity contribution in [2.45, 2.75) is 45.6 Å². The smallest absolute Gasteiger partial charge is 0.253 e. The molecule has 2 fully saturated rings. The summed E-state index contributed by atoms with van der Waals surface area (Å²) in [7, 11) is 0. The van der Waals surface area contributed by atoms with Crippen LogP contribution in [0.25, 0.3) is 10.4 Å². The number of hydrogen-bond donors (Lipinski definition) is 0. The largest absolute Gasteiger partial charge is 0.339 e. The summed E-state index contributed by atoms with van der Waals surface area (Å²) < 4.78 is 0. The summed E-state index contributed by atoms with van der Waals surface area (Å²) in [4.78, 5) is 23.3. The number of carbonyl (C=O) groups is 1. The summed E-state index contributed by atoms with van der Waals surface area (Å²) in [5.41, 5.74) is 2.95. The fourth-order valence-electron chi connectivity index (χ4n) is 4.32. The Morgan fingerprint density at radius 1 is 1.12 bits per heavy atom. The number of likely N-dealkylation sites (tertiary alicyclic amines) is 2. The van der Waals surface area contributed by atoms with E-state index in [-0.39, 0.29) is 5.91 Å². The zero-order chi connectivity index (χ0) is 18.1. The van der Waals surface area contributed by atoms with E-state index in [2.05, 4.69) is 16.0 Å². The highest BCUT2D eigenvalue weighted by molar-refractivity contribution is 7.15. The van der Waals surface area contributed by atoms with Gasteiger partial charge >= 0.3 is 0 Å². The van der Waals surface area contributed by atoms with Gasteiger partial charge in [0.15, 0.2) is 0 Å². The van der Waals surface area contributed by atoms with Gasteiger partial charge in [-0.1, -0.05) is 12.1 Å². The minimum Gasteiger partial charge on any atom is -0.339 e. The monoisotopic (exact) mass is 369 g/mol. The van der Waals surface area contributed by atoms with Gasteiger partial charge in [0, 0.05) is 24.7 Å². The van der Waals surface area contributed by atoms with E-state index in [1.54, 1.807) is 11.3 Å². The first-order chi connectivity index (χ1) is 12.6. The summed E-state index contributed by atoms with van der Waals surface area (Å²) in [6.07, 6.45) is 4.89. The Morgan fingerprint density at radius 2 is 1.85 bits per heavy atom. The van der Waals surface area contributed by atoms with Crippen LogP contribution in [0.4, 0.5) is 0 Å². The maximum absolute atomic E-state index is 13.0. The van der Waals surface area contributed by atoms with Gasteiger partial charge in [-0.3, -0.25) is 4.79 Å². The van der Waals surface area contributed by atoms with Crippen LogP contribution in [-0.4, -0.2) is 52.9 Å². The molecule has 2 aromatic rings. The quantitative estimate of drug-likeness (QED) is 0.816. The molecule has 0 bridgehead atoms. The summed E-state index contributed by atoms with van der Waals surface area (Å²) in [6, 6.07) is 8.73. The van der Waals surface area contributed by atoms with Crippen LogP contribution in [0.5, 0.6) is 0 Å². The second-order valence-corrected chi connectivity index (χ2v) is 8.70. The lowest BCUT2D eigenvalue weighted by Crippen LogP contribution is -2.45.